The second kappa shape index (κ2) is 6.65. The summed E-state index contributed by atoms with van der Waals surface area (Å²) in [6, 6.07) is 7.23. The Labute approximate surface area is 99.4 Å². The van der Waals surface area contributed by atoms with Gasteiger partial charge in [0.15, 0.2) is 0 Å². The number of carboxylic acid groups (broad SMARTS) is 1. The normalized spacial score (nSPS) is 9.94. The van der Waals surface area contributed by atoms with Crippen molar-refractivity contribution in [2.45, 2.75) is 13.0 Å². The Balaban J connectivity index is 2.57. The molecule has 1 rings (SSSR count). The van der Waals surface area contributed by atoms with Crippen LogP contribution < -0.4 is 5.32 Å². The lowest BCUT2D eigenvalue weighted by atomic mass is 10.0. The van der Waals surface area contributed by atoms with Crippen LogP contribution >= 0.6 is 0 Å². The number of carboxylic acids is 1. The maximum atomic E-state index is 10.9. The van der Waals surface area contributed by atoms with Crippen LogP contribution in [0.2, 0.25) is 0 Å². The molecule has 0 fully saturated rings. The highest BCUT2D eigenvalue weighted by Crippen LogP contribution is 2.09. The highest BCUT2D eigenvalue weighted by atomic mass is 16.5. The Morgan fingerprint density at radius 3 is 2.53 bits per heavy atom. The number of carbonyl (C=O) groups is 2. The Morgan fingerprint density at radius 2 is 1.94 bits per heavy atom. The summed E-state index contributed by atoms with van der Waals surface area (Å²) in [6.45, 7) is 0.552. The van der Waals surface area contributed by atoms with Gasteiger partial charge in [-0.3, -0.25) is 9.59 Å². The number of hydrogen-bond donors (Lipinski definition) is 2. The highest BCUT2D eigenvalue weighted by Gasteiger charge is 2.06. The summed E-state index contributed by atoms with van der Waals surface area (Å²) in [6.07, 6.45) is -0.0178. The first kappa shape index (κ1) is 13.2. The van der Waals surface area contributed by atoms with Crippen molar-refractivity contribution in [2.75, 3.05) is 13.7 Å². The third kappa shape index (κ3) is 4.65. The molecule has 5 nitrogen and oxygen atoms in total. The number of benzene rings is 1. The monoisotopic (exact) mass is 237 g/mol. The molecular formula is C12H15NO4. The van der Waals surface area contributed by atoms with E-state index in [0.29, 0.717) is 6.54 Å². The zero-order valence-corrected chi connectivity index (χ0v) is 9.60. The van der Waals surface area contributed by atoms with Crippen molar-refractivity contribution in [3.63, 3.8) is 0 Å². The maximum absolute atomic E-state index is 10.9. The largest absolute Gasteiger partial charge is 0.481 e. The van der Waals surface area contributed by atoms with E-state index < -0.39 is 5.97 Å². The quantitative estimate of drug-likeness (QED) is 0.708. The summed E-state index contributed by atoms with van der Waals surface area (Å²) >= 11 is 0. The molecule has 17 heavy (non-hydrogen) atoms. The lowest BCUT2D eigenvalue weighted by molar-refractivity contribution is -0.139. The zero-order chi connectivity index (χ0) is 12.7. The lowest BCUT2D eigenvalue weighted by Gasteiger charge is -2.08. The molecule has 0 bridgehead atoms. The number of nitrogens with one attached hydrogen (secondary N) is 1. The van der Waals surface area contributed by atoms with Crippen molar-refractivity contribution in [1.29, 1.82) is 0 Å². The fraction of sp³-hybridized carbons (Fsp3) is 0.333. The number of methoxy groups -OCH3 is 1. The molecule has 0 radical (unpaired) electrons. The molecule has 0 heterocycles. The summed E-state index contributed by atoms with van der Waals surface area (Å²) in [5.74, 6) is -1.22. The molecule has 0 aliphatic carbocycles. The number of carbonyl (C=O) groups excluding carboxylic acids is 1. The molecule has 0 aliphatic heterocycles. The van der Waals surface area contributed by atoms with Crippen LogP contribution in [-0.4, -0.2) is 30.7 Å². The smallest absolute Gasteiger partial charge is 0.319 e. The maximum Gasteiger partial charge on any atom is 0.319 e. The first-order valence-electron chi connectivity index (χ1n) is 5.19. The second-order valence-corrected chi connectivity index (χ2v) is 3.52. The van der Waals surface area contributed by atoms with E-state index in [1.54, 1.807) is 12.1 Å². The van der Waals surface area contributed by atoms with Crippen LogP contribution in [0.3, 0.4) is 0 Å². The van der Waals surface area contributed by atoms with E-state index in [9.17, 15) is 9.59 Å². The Bertz CT molecular complexity index is 403. The fourth-order valence-electron chi connectivity index (χ4n) is 1.44. The van der Waals surface area contributed by atoms with Crippen LogP contribution in [0, 0.1) is 0 Å². The topological polar surface area (TPSA) is 75.6 Å². The van der Waals surface area contributed by atoms with E-state index in [0.717, 1.165) is 11.1 Å². The number of rotatable bonds is 6. The van der Waals surface area contributed by atoms with E-state index in [2.05, 4.69) is 10.1 Å². The molecule has 1 aromatic carbocycles. The first-order chi connectivity index (χ1) is 8.13. The minimum atomic E-state index is -0.870. The number of esters is 1. The Morgan fingerprint density at radius 1 is 1.29 bits per heavy atom. The summed E-state index contributed by atoms with van der Waals surface area (Å²) in [7, 11) is 1.32. The van der Waals surface area contributed by atoms with Crippen molar-refractivity contribution in [2.24, 2.45) is 0 Å². The van der Waals surface area contributed by atoms with Crippen LogP contribution in [0.5, 0.6) is 0 Å². The first-order valence-corrected chi connectivity index (χ1v) is 5.19. The minimum Gasteiger partial charge on any atom is -0.481 e. The molecule has 5 heteroatoms. The third-order valence-corrected chi connectivity index (χ3v) is 2.27. The van der Waals surface area contributed by atoms with Gasteiger partial charge in [0, 0.05) is 6.54 Å². The van der Waals surface area contributed by atoms with Gasteiger partial charge in [-0.25, -0.2) is 0 Å². The molecule has 0 amide bonds. The van der Waals surface area contributed by atoms with E-state index in [-0.39, 0.29) is 18.9 Å². The molecule has 0 atom stereocenters. The summed E-state index contributed by atoms with van der Waals surface area (Å²) < 4.78 is 4.49. The van der Waals surface area contributed by atoms with Gasteiger partial charge in [0.05, 0.1) is 20.1 Å². The van der Waals surface area contributed by atoms with Crippen LogP contribution in [-0.2, 0) is 27.3 Å². The summed E-state index contributed by atoms with van der Waals surface area (Å²) in [5, 5.41) is 11.6. The third-order valence-electron chi connectivity index (χ3n) is 2.27. The van der Waals surface area contributed by atoms with Gasteiger partial charge in [-0.1, -0.05) is 24.3 Å². The van der Waals surface area contributed by atoms with Gasteiger partial charge in [-0.05, 0) is 11.1 Å². The average molecular weight is 237 g/mol. The molecule has 0 aliphatic rings. The van der Waals surface area contributed by atoms with Gasteiger partial charge in [0.1, 0.15) is 0 Å². The summed E-state index contributed by atoms with van der Waals surface area (Å²) in [4.78, 5) is 21.5. The fourth-order valence-corrected chi connectivity index (χ4v) is 1.44. The molecule has 0 saturated carbocycles. The van der Waals surface area contributed by atoms with Gasteiger partial charge in [0.25, 0.3) is 0 Å². The van der Waals surface area contributed by atoms with Gasteiger partial charge < -0.3 is 15.2 Å². The van der Waals surface area contributed by atoms with Crippen molar-refractivity contribution in [1.82, 2.24) is 5.32 Å². The van der Waals surface area contributed by atoms with Crippen LogP contribution in [0.15, 0.2) is 24.3 Å². The lowest BCUT2D eigenvalue weighted by Crippen LogP contribution is -2.24. The van der Waals surface area contributed by atoms with E-state index >= 15 is 0 Å². The SMILES string of the molecule is COC(=O)CNCc1ccccc1CC(=O)O. The van der Waals surface area contributed by atoms with Crippen LogP contribution in [0.4, 0.5) is 0 Å². The molecule has 0 saturated heterocycles. The van der Waals surface area contributed by atoms with Crippen LogP contribution in [0.25, 0.3) is 0 Å². The zero-order valence-electron chi connectivity index (χ0n) is 9.60. The Kier molecular flexibility index (Phi) is 5.16. The molecule has 0 unspecified atom stereocenters. The molecule has 2 N–H and O–H groups in total. The number of hydrogen-bond acceptors (Lipinski definition) is 4. The molecule has 0 aromatic heterocycles. The molecule has 0 spiro atoms. The van der Waals surface area contributed by atoms with Crippen LogP contribution in [0.1, 0.15) is 11.1 Å². The van der Waals surface area contributed by atoms with E-state index in [1.807, 2.05) is 12.1 Å². The van der Waals surface area contributed by atoms with Crippen molar-refractivity contribution in [3.05, 3.63) is 35.4 Å². The standard InChI is InChI=1S/C12H15NO4/c1-17-12(16)8-13-7-10-5-3-2-4-9(10)6-11(14)15/h2-5,13H,6-8H2,1H3,(H,14,15). The average Bonchev–Trinajstić information content (AvgIpc) is 2.30. The predicted molar refractivity (Wildman–Crippen MR) is 61.5 cm³/mol. The van der Waals surface area contributed by atoms with E-state index in [4.69, 9.17) is 5.11 Å². The van der Waals surface area contributed by atoms with Gasteiger partial charge >= 0.3 is 11.9 Å². The van der Waals surface area contributed by atoms with E-state index in [1.165, 1.54) is 7.11 Å². The van der Waals surface area contributed by atoms with Gasteiger partial charge in [0.2, 0.25) is 0 Å². The second-order valence-electron chi connectivity index (χ2n) is 3.52. The highest BCUT2D eigenvalue weighted by molar-refractivity contribution is 5.71. The molecule has 92 valence electrons. The van der Waals surface area contributed by atoms with Crippen molar-refractivity contribution in [3.8, 4) is 0 Å². The van der Waals surface area contributed by atoms with Crippen molar-refractivity contribution >= 4 is 11.9 Å². The minimum absolute atomic E-state index is 0.0178. The molecular weight excluding hydrogens is 222 g/mol. The Hall–Kier alpha value is -1.88. The van der Waals surface area contributed by atoms with Crippen molar-refractivity contribution < 1.29 is 19.4 Å². The molecule has 1 aromatic rings. The van der Waals surface area contributed by atoms with Gasteiger partial charge in [-0.15, -0.1) is 0 Å². The van der Waals surface area contributed by atoms with Gasteiger partial charge in [-0.2, -0.15) is 0 Å². The predicted octanol–water partition coefficient (Wildman–Crippen LogP) is 0.576. The number of ether oxygens (including phenoxy) is 1. The summed E-state index contributed by atoms with van der Waals surface area (Å²) in [5.41, 5.74) is 1.62. The number of aliphatic carboxylic acids is 1.